The largest absolute Gasteiger partial charge is 0.497 e. The first-order valence-corrected chi connectivity index (χ1v) is 10.4. The van der Waals surface area contributed by atoms with Crippen LogP contribution in [0.3, 0.4) is 0 Å². The van der Waals surface area contributed by atoms with Crippen LogP contribution in [0.25, 0.3) is 0 Å². The maximum atomic E-state index is 12.4. The van der Waals surface area contributed by atoms with Crippen LogP contribution in [0.5, 0.6) is 11.5 Å². The smallest absolute Gasteiger partial charge is 0.254 e. The van der Waals surface area contributed by atoms with Gasteiger partial charge < -0.3 is 14.8 Å². The van der Waals surface area contributed by atoms with Crippen molar-refractivity contribution in [3.05, 3.63) is 66.2 Å². The predicted octanol–water partition coefficient (Wildman–Crippen LogP) is 4.04. The van der Waals surface area contributed by atoms with Gasteiger partial charge in [0.15, 0.2) is 0 Å². The van der Waals surface area contributed by atoms with E-state index in [4.69, 9.17) is 14.3 Å². The molecule has 2 bridgehead atoms. The topological polar surface area (TPSA) is 60.0 Å². The fourth-order valence-electron chi connectivity index (χ4n) is 3.45. The quantitative estimate of drug-likeness (QED) is 0.448. The van der Waals surface area contributed by atoms with Crippen molar-refractivity contribution in [2.24, 2.45) is 0 Å². The molecule has 0 unspecified atom stereocenters. The molecule has 0 aromatic heterocycles. The summed E-state index contributed by atoms with van der Waals surface area (Å²) in [5.41, 5.74) is 3.12. The molecular formula is C24H30N2O4. The highest BCUT2D eigenvalue weighted by Gasteiger charge is 2.22. The minimum atomic E-state index is -0.153. The van der Waals surface area contributed by atoms with Crippen LogP contribution in [-0.2, 0) is 22.5 Å². The Bertz CT molecular complexity index is 853. The highest BCUT2D eigenvalue weighted by molar-refractivity contribution is 5.93. The second kappa shape index (κ2) is 11.4. The van der Waals surface area contributed by atoms with E-state index in [0.29, 0.717) is 0 Å². The van der Waals surface area contributed by atoms with E-state index >= 15 is 0 Å². The number of carbonyl (C=O) groups is 1. The number of ether oxygens (including phenoxy) is 2. The van der Waals surface area contributed by atoms with Crippen molar-refractivity contribution < 1.29 is 19.1 Å². The number of hydrogen-bond acceptors (Lipinski definition) is 5. The van der Waals surface area contributed by atoms with Crippen LogP contribution in [-0.4, -0.2) is 32.9 Å². The Morgan fingerprint density at radius 2 is 2.03 bits per heavy atom. The first kappa shape index (κ1) is 21.9. The van der Waals surface area contributed by atoms with Crippen molar-refractivity contribution in [3.63, 3.8) is 0 Å². The highest BCUT2D eigenvalue weighted by Crippen LogP contribution is 2.30. The van der Waals surface area contributed by atoms with Gasteiger partial charge in [-0.05, 0) is 80.2 Å². The van der Waals surface area contributed by atoms with E-state index in [0.717, 1.165) is 61.5 Å². The Balaban J connectivity index is 1.45. The Morgan fingerprint density at radius 3 is 2.83 bits per heavy atom. The molecule has 2 aromatic carbocycles. The summed E-state index contributed by atoms with van der Waals surface area (Å²) in [6, 6.07) is 13.9. The van der Waals surface area contributed by atoms with Crippen LogP contribution in [0.15, 0.2) is 55.1 Å². The summed E-state index contributed by atoms with van der Waals surface area (Å²) < 4.78 is 10.8. The molecule has 0 atom stereocenters. The van der Waals surface area contributed by atoms with E-state index in [-0.39, 0.29) is 19.1 Å². The number of nitrogens with zero attached hydrogens (tertiary/aromatic N) is 1. The number of amides is 1. The minimum absolute atomic E-state index is 0.0185. The lowest BCUT2D eigenvalue weighted by atomic mass is 10.1. The van der Waals surface area contributed by atoms with E-state index in [2.05, 4.69) is 24.0 Å². The Kier molecular flexibility index (Phi) is 8.30. The standard InChI is InChI=1S/C24H30N2O4/c1-3-7-24(27)26-23-13-12-22(29-18-30-26)17-20(23)10-6-15-25-14-5-9-19-8-4-11-21(16-19)28-2/h3-4,8,11-13,16-17,25H,1,5-7,9-10,14-15,18H2,2H3. The molecule has 6 nitrogen and oxygen atoms in total. The molecule has 2 aromatic rings. The van der Waals surface area contributed by atoms with Gasteiger partial charge in [-0.15, -0.1) is 6.58 Å². The number of methoxy groups -OCH3 is 1. The van der Waals surface area contributed by atoms with Gasteiger partial charge in [-0.1, -0.05) is 18.2 Å². The molecule has 2 aliphatic heterocycles. The Morgan fingerprint density at radius 1 is 1.20 bits per heavy atom. The third-order valence-corrected chi connectivity index (χ3v) is 4.98. The summed E-state index contributed by atoms with van der Waals surface area (Å²) in [5, 5.41) is 4.84. The average Bonchev–Trinajstić information content (AvgIpc) is 2.74. The molecule has 0 saturated heterocycles. The van der Waals surface area contributed by atoms with Crippen molar-refractivity contribution in [1.29, 1.82) is 0 Å². The van der Waals surface area contributed by atoms with E-state index in [1.54, 1.807) is 13.2 Å². The predicted molar refractivity (Wildman–Crippen MR) is 118 cm³/mol. The van der Waals surface area contributed by atoms with Crippen LogP contribution >= 0.6 is 0 Å². The fraction of sp³-hybridized carbons (Fsp3) is 0.375. The van der Waals surface area contributed by atoms with Crippen molar-refractivity contribution in [1.82, 2.24) is 5.32 Å². The van der Waals surface area contributed by atoms with Gasteiger partial charge in [-0.3, -0.25) is 4.79 Å². The number of aryl methyl sites for hydroxylation is 2. The van der Waals surface area contributed by atoms with E-state index in [9.17, 15) is 4.79 Å². The molecule has 0 spiro atoms. The van der Waals surface area contributed by atoms with Crippen LogP contribution < -0.4 is 19.9 Å². The maximum absolute atomic E-state index is 12.4. The van der Waals surface area contributed by atoms with Gasteiger partial charge in [0.1, 0.15) is 11.5 Å². The van der Waals surface area contributed by atoms with Crippen LogP contribution in [0, 0.1) is 0 Å². The Labute approximate surface area is 178 Å². The summed E-state index contributed by atoms with van der Waals surface area (Å²) >= 11 is 0. The molecule has 160 valence electrons. The van der Waals surface area contributed by atoms with Gasteiger partial charge in [-0.25, -0.2) is 4.84 Å². The number of hydrogen-bond donors (Lipinski definition) is 1. The number of nitrogens with one attached hydrogen (secondary N) is 1. The summed E-state index contributed by atoms with van der Waals surface area (Å²) in [7, 11) is 1.69. The van der Waals surface area contributed by atoms with E-state index in [1.165, 1.54) is 10.6 Å². The first-order chi connectivity index (χ1) is 14.7. The van der Waals surface area contributed by atoms with Crippen molar-refractivity contribution in [2.45, 2.75) is 32.1 Å². The molecule has 4 rings (SSSR count). The average molecular weight is 411 g/mol. The molecule has 0 aliphatic carbocycles. The van der Waals surface area contributed by atoms with Gasteiger partial charge in [0.25, 0.3) is 5.91 Å². The molecular weight excluding hydrogens is 380 g/mol. The SMILES string of the molecule is C=CCC(=O)N1OCOc2ccc1c(CCCNCCCc1cccc(OC)c1)c2. The van der Waals surface area contributed by atoms with Gasteiger partial charge >= 0.3 is 0 Å². The summed E-state index contributed by atoms with van der Waals surface area (Å²) in [6.45, 7) is 5.52. The van der Waals surface area contributed by atoms with Gasteiger partial charge in [0.05, 0.1) is 12.8 Å². The third-order valence-electron chi connectivity index (χ3n) is 4.98. The Hall–Kier alpha value is -2.83. The molecule has 0 fully saturated rings. The van der Waals surface area contributed by atoms with Gasteiger partial charge in [-0.2, -0.15) is 5.06 Å². The number of carbonyl (C=O) groups excluding carboxylic acids is 1. The first-order valence-electron chi connectivity index (χ1n) is 10.4. The fourth-order valence-corrected chi connectivity index (χ4v) is 3.45. The second-order valence-electron chi connectivity index (χ2n) is 7.17. The molecule has 2 aliphatic rings. The summed E-state index contributed by atoms with van der Waals surface area (Å²) in [5.74, 6) is 1.51. The maximum Gasteiger partial charge on any atom is 0.254 e. The number of anilines is 1. The molecule has 0 radical (unpaired) electrons. The molecule has 1 amide bonds. The van der Waals surface area contributed by atoms with Gasteiger partial charge in [0, 0.05) is 6.42 Å². The lowest BCUT2D eigenvalue weighted by molar-refractivity contribution is -0.128. The van der Waals surface area contributed by atoms with Crippen LogP contribution in [0.1, 0.15) is 30.4 Å². The zero-order valence-electron chi connectivity index (χ0n) is 17.6. The van der Waals surface area contributed by atoms with E-state index in [1.807, 2.05) is 30.3 Å². The highest BCUT2D eigenvalue weighted by atomic mass is 16.8. The molecule has 30 heavy (non-hydrogen) atoms. The molecule has 6 heteroatoms. The summed E-state index contributed by atoms with van der Waals surface area (Å²) in [6.07, 6.45) is 5.67. The monoisotopic (exact) mass is 410 g/mol. The lowest BCUT2D eigenvalue weighted by Crippen LogP contribution is -2.34. The second-order valence-corrected chi connectivity index (χ2v) is 7.17. The number of hydroxylamine groups is 1. The van der Waals surface area contributed by atoms with Crippen molar-refractivity contribution in [3.8, 4) is 11.5 Å². The molecule has 1 N–H and O–H groups in total. The minimum Gasteiger partial charge on any atom is -0.497 e. The zero-order valence-corrected chi connectivity index (χ0v) is 17.6. The number of benzene rings is 2. The lowest BCUT2D eigenvalue weighted by Gasteiger charge is -2.27. The van der Waals surface area contributed by atoms with Crippen LogP contribution in [0.4, 0.5) is 5.69 Å². The summed E-state index contributed by atoms with van der Waals surface area (Å²) in [4.78, 5) is 17.9. The van der Waals surface area contributed by atoms with E-state index < -0.39 is 0 Å². The van der Waals surface area contributed by atoms with Crippen molar-refractivity contribution >= 4 is 11.6 Å². The van der Waals surface area contributed by atoms with Crippen LogP contribution in [0.2, 0.25) is 0 Å². The molecule has 2 heterocycles. The zero-order chi connectivity index (χ0) is 21.2. The molecule has 0 saturated carbocycles. The normalized spacial score (nSPS) is 12.8. The number of fused-ring (bicyclic) bond motifs is 5. The number of rotatable bonds is 11. The van der Waals surface area contributed by atoms with Crippen molar-refractivity contribution in [2.75, 3.05) is 32.1 Å². The third kappa shape index (κ3) is 6.08. The van der Waals surface area contributed by atoms with Gasteiger partial charge in [0.2, 0.25) is 6.79 Å².